The Balaban J connectivity index is 1.76. The zero-order valence-electron chi connectivity index (χ0n) is 13.0. The molecule has 0 unspecified atom stereocenters. The quantitative estimate of drug-likeness (QED) is 0.757. The van der Waals surface area contributed by atoms with Crippen molar-refractivity contribution in [3.63, 3.8) is 0 Å². The van der Waals surface area contributed by atoms with Crippen molar-refractivity contribution in [1.29, 1.82) is 0 Å². The van der Waals surface area contributed by atoms with E-state index in [1.165, 1.54) is 44.1 Å². The van der Waals surface area contributed by atoms with Crippen LogP contribution in [0.1, 0.15) is 63.7 Å². The van der Waals surface area contributed by atoms with E-state index in [9.17, 15) is 0 Å². The van der Waals surface area contributed by atoms with Crippen LogP contribution in [0.3, 0.4) is 0 Å². The summed E-state index contributed by atoms with van der Waals surface area (Å²) < 4.78 is 11.6. The van der Waals surface area contributed by atoms with Crippen molar-refractivity contribution < 1.29 is 9.15 Å². The Kier molecular flexibility index (Phi) is 6.61. The Hall–Kier alpha value is -0.800. The highest BCUT2D eigenvalue weighted by Crippen LogP contribution is 2.22. The number of nitrogens with one attached hydrogen (secondary N) is 1. The van der Waals surface area contributed by atoms with E-state index in [1.54, 1.807) is 6.26 Å². The molecule has 1 aromatic rings. The van der Waals surface area contributed by atoms with Crippen molar-refractivity contribution in [1.82, 2.24) is 5.32 Å². The molecule has 0 radical (unpaired) electrons. The molecule has 1 heterocycles. The summed E-state index contributed by atoms with van der Waals surface area (Å²) in [7, 11) is 0. The van der Waals surface area contributed by atoms with Gasteiger partial charge in [0.2, 0.25) is 0 Å². The van der Waals surface area contributed by atoms with Gasteiger partial charge in [-0.15, -0.1) is 0 Å². The summed E-state index contributed by atoms with van der Waals surface area (Å²) in [6.45, 7) is 6.97. The topological polar surface area (TPSA) is 34.4 Å². The molecule has 0 bridgehead atoms. The fourth-order valence-corrected chi connectivity index (χ4v) is 2.75. The summed E-state index contributed by atoms with van der Waals surface area (Å²) in [6.07, 6.45) is 9.98. The maximum absolute atomic E-state index is 6.05. The Bertz CT molecular complexity index is 365. The van der Waals surface area contributed by atoms with Gasteiger partial charge in [0, 0.05) is 12.1 Å². The van der Waals surface area contributed by atoms with Crippen molar-refractivity contribution in [3.05, 3.63) is 23.7 Å². The van der Waals surface area contributed by atoms with Crippen LogP contribution in [0.2, 0.25) is 0 Å². The number of ether oxygens (including phenoxy) is 1. The maximum Gasteiger partial charge on any atom is 0.133 e. The van der Waals surface area contributed by atoms with Crippen molar-refractivity contribution in [2.75, 3.05) is 6.54 Å². The maximum atomic E-state index is 6.05. The second-order valence-electron chi connectivity index (χ2n) is 6.32. The first-order valence-corrected chi connectivity index (χ1v) is 8.13. The van der Waals surface area contributed by atoms with Crippen LogP contribution in [0, 0.1) is 5.92 Å². The molecule has 1 saturated carbocycles. The van der Waals surface area contributed by atoms with Crippen LogP contribution in [0.5, 0.6) is 0 Å². The second-order valence-corrected chi connectivity index (χ2v) is 6.32. The molecule has 0 saturated heterocycles. The number of rotatable bonds is 7. The van der Waals surface area contributed by atoms with Gasteiger partial charge in [-0.1, -0.05) is 39.5 Å². The molecule has 3 nitrogen and oxygen atoms in total. The van der Waals surface area contributed by atoms with E-state index in [0.29, 0.717) is 18.6 Å². The molecule has 20 heavy (non-hydrogen) atoms. The summed E-state index contributed by atoms with van der Waals surface area (Å²) in [4.78, 5) is 0. The summed E-state index contributed by atoms with van der Waals surface area (Å²) in [5, 5.41) is 3.46. The second kappa shape index (κ2) is 8.48. The van der Waals surface area contributed by atoms with Crippen LogP contribution < -0.4 is 5.32 Å². The third-order valence-corrected chi connectivity index (χ3v) is 3.96. The molecule has 0 atom stereocenters. The van der Waals surface area contributed by atoms with Crippen LogP contribution in [0.4, 0.5) is 0 Å². The van der Waals surface area contributed by atoms with Gasteiger partial charge in [0.1, 0.15) is 12.4 Å². The van der Waals surface area contributed by atoms with E-state index in [-0.39, 0.29) is 0 Å². The van der Waals surface area contributed by atoms with Crippen LogP contribution in [0.15, 0.2) is 16.7 Å². The van der Waals surface area contributed by atoms with Crippen molar-refractivity contribution in [3.8, 4) is 0 Å². The Morgan fingerprint density at radius 2 is 2.00 bits per heavy atom. The first-order valence-electron chi connectivity index (χ1n) is 8.13. The number of hydrogen-bond acceptors (Lipinski definition) is 3. The van der Waals surface area contributed by atoms with Gasteiger partial charge in [0.05, 0.1) is 12.4 Å². The fourth-order valence-electron chi connectivity index (χ4n) is 2.75. The van der Waals surface area contributed by atoms with Crippen LogP contribution in [0.25, 0.3) is 0 Å². The van der Waals surface area contributed by atoms with Crippen molar-refractivity contribution in [2.45, 2.75) is 71.6 Å². The standard InChI is InChI=1S/C17H29NO2/c1-14(2)11-18-12-15-9-10-19-17(15)13-20-16-7-5-3-4-6-8-16/h9-10,14,16,18H,3-8,11-13H2,1-2H3. The van der Waals surface area contributed by atoms with Gasteiger partial charge in [-0.25, -0.2) is 0 Å². The minimum absolute atomic E-state index is 0.430. The van der Waals surface area contributed by atoms with Gasteiger partial charge in [-0.3, -0.25) is 0 Å². The molecule has 2 rings (SSSR count). The molecule has 1 aromatic heterocycles. The van der Waals surface area contributed by atoms with Gasteiger partial charge in [0.25, 0.3) is 0 Å². The van der Waals surface area contributed by atoms with E-state index in [0.717, 1.165) is 18.8 Å². The van der Waals surface area contributed by atoms with Gasteiger partial charge in [-0.05, 0) is 31.4 Å². The van der Waals surface area contributed by atoms with Crippen LogP contribution in [-0.4, -0.2) is 12.6 Å². The summed E-state index contributed by atoms with van der Waals surface area (Å²) >= 11 is 0. The lowest BCUT2D eigenvalue weighted by atomic mass is 10.1. The van der Waals surface area contributed by atoms with Gasteiger partial charge >= 0.3 is 0 Å². The van der Waals surface area contributed by atoms with Crippen molar-refractivity contribution >= 4 is 0 Å². The molecule has 0 amide bonds. The zero-order valence-corrected chi connectivity index (χ0v) is 13.0. The SMILES string of the molecule is CC(C)CNCc1ccoc1COC1CCCCCC1. The minimum atomic E-state index is 0.430. The molecule has 0 aromatic carbocycles. The highest BCUT2D eigenvalue weighted by atomic mass is 16.5. The Labute approximate surface area is 123 Å². The molecule has 1 aliphatic carbocycles. The molecular weight excluding hydrogens is 250 g/mol. The molecular formula is C17H29NO2. The minimum Gasteiger partial charge on any atom is -0.467 e. The normalized spacial score (nSPS) is 17.6. The summed E-state index contributed by atoms with van der Waals surface area (Å²) in [6, 6.07) is 2.05. The summed E-state index contributed by atoms with van der Waals surface area (Å²) in [5.41, 5.74) is 1.24. The highest BCUT2D eigenvalue weighted by molar-refractivity contribution is 5.16. The predicted molar refractivity (Wildman–Crippen MR) is 81.5 cm³/mol. The predicted octanol–water partition coefficient (Wildman–Crippen LogP) is 4.26. The molecule has 0 aliphatic heterocycles. The van der Waals surface area contributed by atoms with Crippen LogP contribution in [-0.2, 0) is 17.9 Å². The van der Waals surface area contributed by atoms with Crippen molar-refractivity contribution in [2.24, 2.45) is 5.92 Å². The van der Waals surface area contributed by atoms with Crippen LogP contribution >= 0.6 is 0 Å². The first kappa shape index (κ1) is 15.6. The van der Waals surface area contributed by atoms with E-state index >= 15 is 0 Å². The third-order valence-electron chi connectivity index (χ3n) is 3.96. The van der Waals surface area contributed by atoms with Gasteiger partial charge in [-0.2, -0.15) is 0 Å². The van der Waals surface area contributed by atoms with Gasteiger partial charge in [0.15, 0.2) is 0 Å². The Morgan fingerprint density at radius 1 is 1.25 bits per heavy atom. The first-order chi connectivity index (χ1) is 9.75. The third kappa shape index (κ3) is 5.29. The average molecular weight is 279 g/mol. The number of furan rings is 1. The lowest BCUT2D eigenvalue weighted by Crippen LogP contribution is -2.19. The molecule has 1 N–H and O–H groups in total. The summed E-state index contributed by atoms with van der Waals surface area (Å²) in [5.74, 6) is 1.66. The lowest BCUT2D eigenvalue weighted by Gasteiger charge is -2.15. The largest absolute Gasteiger partial charge is 0.467 e. The molecule has 0 spiro atoms. The van der Waals surface area contributed by atoms with E-state index in [4.69, 9.17) is 9.15 Å². The monoisotopic (exact) mass is 279 g/mol. The highest BCUT2D eigenvalue weighted by Gasteiger charge is 2.14. The van der Waals surface area contributed by atoms with E-state index in [1.807, 2.05) is 0 Å². The van der Waals surface area contributed by atoms with E-state index < -0.39 is 0 Å². The fraction of sp³-hybridized carbons (Fsp3) is 0.765. The van der Waals surface area contributed by atoms with Gasteiger partial charge < -0.3 is 14.5 Å². The lowest BCUT2D eigenvalue weighted by molar-refractivity contribution is 0.0214. The number of hydrogen-bond donors (Lipinski definition) is 1. The average Bonchev–Trinajstić information content (AvgIpc) is 2.70. The smallest absolute Gasteiger partial charge is 0.133 e. The molecule has 1 fully saturated rings. The Morgan fingerprint density at radius 3 is 2.70 bits per heavy atom. The molecule has 3 heteroatoms. The molecule has 1 aliphatic rings. The zero-order chi connectivity index (χ0) is 14.2. The van der Waals surface area contributed by atoms with E-state index in [2.05, 4.69) is 25.2 Å². The molecule has 114 valence electrons.